The van der Waals surface area contributed by atoms with Crippen LogP contribution >= 0.6 is 31.9 Å². The van der Waals surface area contributed by atoms with Crippen molar-refractivity contribution in [2.24, 2.45) is 0 Å². The van der Waals surface area contributed by atoms with Crippen molar-refractivity contribution in [1.82, 2.24) is 7.94 Å². The molecule has 1 N–H and O–H groups in total. The maximum absolute atomic E-state index is 13.3. The second kappa shape index (κ2) is 9.53. The lowest BCUT2D eigenvalue weighted by molar-refractivity contribution is 0.176. The summed E-state index contributed by atoms with van der Waals surface area (Å²) in [6, 6.07) is 13.2. The van der Waals surface area contributed by atoms with E-state index in [1.165, 1.54) is 22.6 Å². The van der Waals surface area contributed by atoms with Crippen molar-refractivity contribution in [3.8, 4) is 0 Å². The molecule has 4 aromatic rings. The second-order valence-electron chi connectivity index (χ2n) is 9.23. The number of fused-ring (bicyclic) bond motifs is 2. The van der Waals surface area contributed by atoms with Gasteiger partial charge in [-0.25, -0.2) is 24.8 Å². The minimum atomic E-state index is -3.87. The second-order valence-corrected chi connectivity index (χ2v) is 14.9. The highest BCUT2D eigenvalue weighted by molar-refractivity contribution is 9.12. The largest absolute Gasteiger partial charge is 0.388 e. The minimum Gasteiger partial charge on any atom is -0.388 e. The highest BCUT2D eigenvalue weighted by Crippen LogP contribution is 2.49. The van der Waals surface area contributed by atoms with Gasteiger partial charge >= 0.3 is 0 Å². The Morgan fingerprint density at radius 1 is 0.676 bits per heavy atom. The zero-order chi connectivity index (χ0) is 26.7. The molecule has 3 atom stereocenters. The monoisotopic (exact) mass is 666 g/mol. The first kappa shape index (κ1) is 26.4. The molecule has 11 heteroatoms. The predicted molar refractivity (Wildman–Crippen MR) is 148 cm³/mol. The summed E-state index contributed by atoms with van der Waals surface area (Å²) < 4.78 is 55.5. The molecule has 3 unspecified atom stereocenters. The van der Waals surface area contributed by atoms with Gasteiger partial charge < -0.3 is 5.11 Å². The van der Waals surface area contributed by atoms with Crippen molar-refractivity contribution in [1.29, 1.82) is 0 Å². The summed E-state index contributed by atoms with van der Waals surface area (Å²) in [7, 11) is -7.70. The topological polar surface area (TPSA) is 98.4 Å². The summed E-state index contributed by atoms with van der Waals surface area (Å²) in [6.45, 7) is 3.77. The first-order chi connectivity index (χ1) is 17.4. The Balaban J connectivity index is 1.54. The fraction of sp³-hybridized carbons (Fsp3) is 0.231. The van der Waals surface area contributed by atoms with Gasteiger partial charge in [-0.15, -0.1) is 0 Å². The summed E-state index contributed by atoms with van der Waals surface area (Å²) in [5.41, 5.74) is 4.30. The van der Waals surface area contributed by atoms with Gasteiger partial charge in [-0.2, -0.15) is 0 Å². The van der Waals surface area contributed by atoms with Gasteiger partial charge in [-0.1, -0.05) is 67.3 Å². The normalized spacial score (nSPS) is 20.1. The Kier molecular flexibility index (Phi) is 6.81. The molecule has 7 nitrogen and oxygen atoms in total. The van der Waals surface area contributed by atoms with E-state index in [0.29, 0.717) is 22.3 Å². The van der Waals surface area contributed by atoms with Crippen molar-refractivity contribution in [3.63, 3.8) is 0 Å². The number of aliphatic hydroxyl groups is 1. The molecule has 0 spiro atoms. The van der Waals surface area contributed by atoms with E-state index in [4.69, 9.17) is 0 Å². The maximum Gasteiger partial charge on any atom is 0.267 e. The number of aryl methyl sites for hydroxylation is 2. The van der Waals surface area contributed by atoms with Crippen LogP contribution in [0.25, 0.3) is 0 Å². The SMILES string of the molecule is Cc1ccc(S(=O)(=O)n2cc3c(c2)C(Br)C(Br)c2cn(S(=O)(=O)c4ccc(C)cc4)cc2C(O)C3)cc1. The predicted octanol–water partition coefficient (Wildman–Crippen LogP) is 5.54. The fourth-order valence-corrected chi connectivity index (χ4v) is 8.28. The van der Waals surface area contributed by atoms with Crippen molar-refractivity contribution in [3.05, 3.63) is 107 Å². The molecular weight excluding hydrogens is 644 g/mol. The third-order valence-corrected chi connectivity index (χ3v) is 12.6. The lowest BCUT2D eigenvalue weighted by atomic mass is 9.92. The Bertz CT molecular complexity index is 1690. The number of nitrogens with zero attached hydrogens (tertiary/aromatic N) is 2. The van der Waals surface area contributed by atoms with Crippen LogP contribution in [-0.4, -0.2) is 29.9 Å². The highest BCUT2D eigenvalue weighted by atomic mass is 79.9. The van der Waals surface area contributed by atoms with Crippen LogP contribution in [-0.2, 0) is 26.5 Å². The molecule has 5 rings (SSSR count). The summed E-state index contributed by atoms with van der Waals surface area (Å²) in [5.74, 6) is 0. The summed E-state index contributed by atoms with van der Waals surface area (Å²) in [4.78, 5) is -0.511. The van der Waals surface area contributed by atoms with E-state index in [1.54, 1.807) is 54.7 Å². The molecule has 0 bridgehead atoms. The van der Waals surface area contributed by atoms with E-state index < -0.39 is 31.0 Å². The number of benzene rings is 2. The molecule has 37 heavy (non-hydrogen) atoms. The molecule has 0 saturated carbocycles. The van der Waals surface area contributed by atoms with E-state index in [-0.39, 0.29) is 21.0 Å². The van der Waals surface area contributed by atoms with E-state index in [2.05, 4.69) is 31.9 Å². The zero-order valence-electron chi connectivity index (χ0n) is 19.9. The van der Waals surface area contributed by atoms with Gasteiger partial charge in [-0.3, -0.25) is 0 Å². The average molecular weight is 668 g/mol. The van der Waals surface area contributed by atoms with Crippen LogP contribution in [0.5, 0.6) is 0 Å². The van der Waals surface area contributed by atoms with Gasteiger partial charge in [-0.05, 0) is 54.8 Å². The molecule has 2 heterocycles. The van der Waals surface area contributed by atoms with Crippen LogP contribution < -0.4 is 0 Å². The average Bonchev–Trinajstić information content (AvgIpc) is 3.49. The summed E-state index contributed by atoms with van der Waals surface area (Å²) in [6.07, 6.45) is 5.10. The highest BCUT2D eigenvalue weighted by Gasteiger charge is 2.34. The van der Waals surface area contributed by atoms with Gasteiger partial charge in [0.05, 0.1) is 25.5 Å². The molecule has 0 radical (unpaired) electrons. The first-order valence-electron chi connectivity index (χ1n) is 11.4. The van der Waals surface area contributed by atoms with Gasteiger partial charge in [0.25, 0.3) is 20.0 Å². The molecular formula is C26H24Br2N2O5S2. The third kappa shape index (κ3) is 4.65. The van der Waals surface area contributed by atoms with Crippen LogP contribution in [0.2, 0.25) is 0 Å². The quantitative estimate of drug-likeness (QED) is 0.288. The molecule has 0 aliphatic heterocycles. The Morgan fingerprint density at radius 2 is 1.08 bits per heavy atom. The molecule has 0 fully saturated rings. The first-order valence-corrected chi connectivity index (χ1v) is 16.1. The molecule has 2 aromatic carbocycles. The summed E-state index contributed by atoms with van der Waals surface area (Å²) in [5, 5.41) is 11.2. The molecule has 194 valence electrons. The van der Waals surface area contributed by atoms with Crippen LogP contribution in [0.4, 0.5) is 0 Å². The van der Waals surface area contributed by atoms with Crippen molar-refractivity contribution in [2.45, 2.75) is 45.8 Å². The molecule has 1 aliphatic rings. The van der Waals surface area contributed by atoms with Crippen molar-refractivity contribution in [2.75, 3.05) is 0 Å². The van der Waals surface area contributed by atoms with Crippen LogP contribution in [0.1, 0.15) is 49.1 Å². The summed E-state index contributed by atoms with van der Waals surface area (Å²) >= 11 is 7.36. The van der Waals surface area contributed by atoms with Gasteiger partial charge in [0, 0.05) is 36.8 Å². The number of halogens is 2. The van der Waals surface area contributed by atoms with Crippen molar-refractivity contribution >= 4 is 51.9 Å². The Labute approximate surface area is 233 Å². The van der Waals surface area contributed by atoms with Gasteiger partial charge in [0.15, 0.2) is 0 Å². The number of aromatic nitrogens is 2. The van der Waals surface area contributed by atoms with E-state index in [1.807, 2.05) is 13.8 Å². The minimum absolute atomic E-state index is 0.120. The number of rotatable bonds is 4. The number of alkyl halides is 2. The Hall–Kier alpha value is -2.18. The molecule has 2 aromatic heterocycles. The van der Waals surface area contributed by atoms with Crippen LogP contribution in [0.3, 0.4) is 0 Å². The third-order valence-electron chi connectivity index (χ3n) is 6.60. The molecule has 1 aliphatic carbocycles. The van der Waals surface area contributed by atoms with E-state index >= 15 is 0 Å². The standard InChI is InChI=1S/C26H24Br2N2O5S2/c1-16-3-7-19(8-4-16)36(32,33)29-12-18-11-24(31)22-14-30(15-23(22)26(28)25(27)21(18)13-29)37(34,35)20-9-5-17(2)6-10-20/h3-10,12-15,24-26,31H,11H2,1-2H3. The molecule has 0 saturated heterocycles. The van der Waals surface area contributed by atoms with Gasteiger partial charge in [0.1, 0.15) is 0 Å². The van der Waals surface area contributed by atoms with Crippen LogP contribution in [0, 0.1) is 13.8 Å². The lowest BCUT2D eigenvalue weighted by Gasteiger charge is -2.23. The fourth-order valence-electron chi connectivity index (χ4n) is 4.45. The van der Waals surface area contributed by atoms with Crippen molar-refractivity contribution < 1.29 is 21.9 Å². The van der Waals surface area contributed by atoms with Crippen LogP contribution in [0.15, 0.2) is 83.1 Å². The number of aliphatic hydroxyl groups excluding tert-OH is 1. The lowest BCUT2D eigenvalue weighted by Crippen LogP contribution is -2.11. The number of hydrogen-bond donors (Lipinski definition) is 1. The molecule has 0 amide bonds. The zero-order valence-corrected chi connectivity index (χ0v) is 24.7. The number of hydrogen-bond acceptors (Lipinski definition) is 5. The Morgan fingerprint density at radius 3 is 1.59 bits per heavy atom. The smallest absolute Gasteiger partial charge is 0.267 e. The van der Waals surface area contributed by atoms with E-state index in [9.17, 15) is 21.9 Å². The van der Waals surface area contributed by atoms with E-state index in [0.717, 1.165) is 15.1 Å². The maximum atomic E-state index is 13.3. The van der Waals surface area contributed by atoms with Gasteiger partial charge in [0.2, 0.25) is 0 Å².